The van der Waals surface area contributed by atoms with Crippen LogP contribution in [0.15, 0.2) is 54.6 Å². The van der Waals surface area contributed by atoms with Crippen molar-refractivity contribution in [2.75, 3.05) is 52.4 Å². The highest BCUT2D eigenvalue weighted by Gasteiger charge is 2.32. The summed E-state index contributed by atoms with van der Waals surface area (Å²) in [5, 5.41) is 0. The quantitative estimate of drug-likeness (QED) is 0.703. The van der Waals surface area contributed by atoms with Crippen LogP contribution in [0.1, 0.15) is 26.3 Å². The molecule has 4 rings (SSSR count). The van der Waals surface area contributed by atoms with Gasteiger partial charge >= 0.3 is 6.18 Å². The highest BCUT2D eigenvalue weighted by Crippen LogP contribution is 2.29. The van der Waals surface area contributed by atoms with Crippen LogP contribution in [0.4, 0.5) is 13.2 Å². The van der Waals surface area contributed by atoms with Gasteiger partial charge < -0.3 is 14.5 Å². The van der Waals surface area contributed by atoms with Crippen molar-refractivity contribution in [3.05, 3.63) is 71.3 Å². The molecule has 0 aliphatic carbocycles. The number of hydrogen-bond donors (Lipinski definition) is 0. The molecule has 1 atom stereocenters. The number of rotatable bonds is 4. The van der Waals surface area contributed by atoms with Gasteiger partial charge in [-0.05, 0) is 36.4 Å². The number of carbonyl (C=O) groups is 2. The van der Waals surface area contributed by atoms with Gasteiger partial charge in [0.05, 0.1) is 18.3 Å². The van der Waals surface area contributed by atoms with Crippen molar-refractivity contribution in [1.82, 2.24) is 14.7 Å². The maximum atomic E-state index is 12.8. The first-order chi connectivity index (χ1) is 15.8. The summed E-state index contributed by atoms with van der Waals surface area (Å²) in [4.78, 5) is 31.1. The van der Waals surface area contributed by atoms with Gasteiger partial charge in [-0.1, -0.05) is 18.2 Å². The van der Waals surface area contributed by atoms with Crippen molar-refractivity contribution >= 4 is 11.8 Å². The molecule has 33 heavy (non-hydrogen) atoms. The number of alkyl halides is 3. The van der Waals surface area contributed by atoms with Crippen LogP contribution in [-0.4, -0.2) is 85.0 Å². The van der Waals surface area contributed by atoms with E-state index in [0.29, 0.717) is 58.0 Å². The Kier molecular flexibility index (Phi) is 6.99. The molecule has 0 N–H and O–H groups in total. The van der Waals surface area contributed by atoms with E-state index >= 15 is 0 Å². The summed E-state index contributed by atoms with van der Waals surface area (Å²) in [5.41, 5.74) is 0.138. The fourth-order valence-corrected chi connectivity index (χ4v) is 4.18. The fraction of sp³-hybridized carbons (Fsp3) is 0.417. The Labute approximate surface area is 190 Å². The van der Waals surface area contributed by atoms with Crippen LogP contribution in [0.2, 0.25) is 0 Å². The Morgan fingerprint density at radius 2 is 1.42 bits per heavy atom. The van der Waals surface area contributed by atoms with Crippen LogP contribution in [0.5, 0.6) is 0 Å². The first-order valence-electron chi connectivity index (χ1n) is 11.0. The SMILES string of the molecule is O=C(c1ccccc1)N1CCN(CC2CN(C(=O)c3ccc(C(F)(F)F)cc3)CCO2)CC1. The second-order valence-electron chi connectivity index (χ2n) is 8.28. The molecule has 2 aliphatic heterocycles. The second-order valence-corrected chi connectivity index (χ2v) is 8.28. The van der Waals surface area contributed by atoms with E-state index in [2.05, 4.69) is 4.90 Å². The van der Waals surface area contributed by atoms with E-state index in [9.17, 15) is 22.8 Å². The zero-order valence-electron chi connectivity index (χ0n) is 18.1. The molecule has 2 fully saturated rings. The summed E-state index contributed by atoms with van der Waals surface area (Å²) < 4.78 is 44.1. The van der Waals surface area contributed by atoms with Gasteiger partial charge in [0.15, 0.2) is 0 Å². The van der Waals surface area contributed by atoms with E-state index in [-0.39, 0.29) is 23.5 Å². The van der Waals surface area contributed by atoms with E-state index in [1.165, 1.54) is 12.1 Å². The number of benzene rings is 2. The molecule has 2 heterocycles. The van der Waals surface area contributed by atoms with Crippen LogP contribution >= 0.6 is 0 Å². The molecular weight excluding hydrogens is 435 g/mol. The third kappa shape index (κ3) is 5.72. The third-order valence-corrected chi connectivity index (χ3v) is 6.03. The van der Waals surface area contributed by atoms with E-state index in [4.69, 9.17) is 4.74 Å². The Balaban J connectivity index is 1.28. The van der Waals surface area contributed by atoms with Crippen molar-refractivity contribution < 1.29 is 27.5 Å². The van der Waals surface area contributed by atoms with Crippen molar-refractivity contribution in [3.63, 3.8) is 0 Å². The normalized spacial score (nSPS) is 20.0. The Morgan fingerprint density at radius 3 is 2.06 bits per heavy atom. The average molecular weight is 461 g/mol. The number of nitrogens with zero attached hydrogens (tertiary/aromatic N) is 3. The van der Waals surface area contributed by atoms with Gasteiger partial charge in [0, 0.05) is 56.9 Å². The third-order valence-electron chi connectivity index (χ3n) is 6.03. The largest absolute Gasteiger partial charge is 0.416 e. The van der Waals surface area contributed by atoms with Crippen molar-refractivity contribution in [2.24, 2.45) is 0 Å². The summed E-state index contributed by atoms with van der Waals surface area (Å²) in [6.07, 6.45) is -4.62. The van der Waals surface area contributed by atoms with Crippen LogP contribution < -0.4 is 0 Å². The number of amides is 2. The fourth-order valence-electron chi connectivity index (χ4n) is 4.18. The number of carbonyl (C=O) groups excluding carboxylic acids is 2. The summed E-state index contributed by atoms with van der Waals surface area (Å²) in [6, 6.07) is 13.5. The summed E-state index contributed by atoms with van der Waals surface area (Å²) in [6.45, 7) is 4.45. The topological polar surface area (TPSA) is 53.1 Å². The molecule has 0 spiro atoms. The minimum Gasteiger partial charge on any atom is -0.373 e. The summed E-state index contributed by atoms with van der Waals surface area (Å²) >= 11 is 0. The number of hydrogen-bond acceptors (Lipinski definition) is 4. The van der Waals surface area contributed by atoms with Crippen molar-refractivity contribution in [2.45, 2.75) is 12.3 Å². The molecule has 2 aliphatic rings. The van der Waals surface area contributed by atoms with E-state index < -0.39 is 11.7 Å². The summed E-state index contributed by atoms with van der Waals surface area (Å²) in [7, 11) is 0. The number of halogens is 3. The van der Waals surface area contributed by atoms with Gasteiger partial charge in [-0.2, -0.15) is 13.2 Å². The predicted octanol–water partition coefficient (Wildman–Crippen LogP) is 3.00. The molecule has 176 valence electrons. The Hall–Kier alpha value is -2.91. The standard InChI is InChI=1S/C24H26F3N3O3/c25-24(26,27)20-8-6-19(7-9-20)23(32)30-14-15-33-21(17-30)16-28-10-12-29(13-11-28)22(31)18-4-2-1-3-5-18/h1-9,21H,10-17H2. The van der Waals surface area contributed by atoms with Gasteiger partial charge in [0.1, 0.15) is 0 Å². The monoisotopic (exact) mass is 461 g/mol. The molecule has 6 nitrogen and oxygen atoms in total. The van der Waals surface area contributed by atoms with Crippen LogP contribution in [0.3, 0.4) is 0 Å². The predicted molar refractivity (Wildman–Crippen MR) is 116 cm³/mol. The smallest absolute Gasteiger partial charge is 0.373 e. The van der Waals surface area contributed by atoms with Crippen molar-refractivity contribution in [1.29, 1.82) is 0 Å². The number of ether oxygens (including phenoxy) is 1. The lowest BCUT2D eigenvalue weighted by Gasteiger charge is -2.39. The van der Waals surface area contributed by atoms with Crippen LogP contribution in [-0.2, 0) is 10.9 Å². The molecule has 0 radical (unpaired) electrons. The first-order valence-corrected chi connectivity index (χ1v) is 11.0. The maximum Gasteiger partial charge on any atom is 0.416 e. The number of morpholine rings is 1. The lowest BCUT2D eigenvalue weighted by atomic mass is 10.1. The lowest BCUT2D eigenvalue weighted by Crippen LogP contribution is -2.54. The van der Waals surface area contributed by atoms with Gasteiger partial charge in [0.2, 0.25) is 0 Å². The highest BCUT2D eigenvalue weighted by molar-refractivity contribution is 5.94. The van der Waals surface area contributed by atoms with Crippen LogP contribution in [0.25, 0.3) is 0 Å². The Morgan fingerprint density at radius 1 is 0.818 bits per heavy atom. The zero-order valence-corrected chi connectivity index (χ0v) is 18.1. The van der Waals surface area contributed by atoms with Crippen molar-refractivity contribution in [3.8, 4) is 0 Å². The van der Waals surface area contributed by atoms with E-state index in [1.807, 2.05) is 35.2 Å². The Bertz CT molecular complexity index is 958. The molecule has 9 heteroatoms. The second kappa shape index (κ2) is 9.93. The molecular formula is C24H26F3N3O3. The molecule has 2 saturated heterocycles. The van der Waals surface area contributed by atoms with Gasteiger partial charge in [-0.15, -0.1) is 0 Å². The highest BCUT2D eigenvalue weighted by atomic mass is 19.4. The molecule has 2 aromatic carbocycles. The molecule has 0 bridgehead atoms. The maximum absolute atomic E-state index is 12.8. The lowest BCUT2D eigenvalue weighted by molar-refractivity contribution is -0.137. The minimum absolute atomic E-state index is 0.0254. The van der Waals surface area contributed by atoms with Crippen LogP contribution in [0, 0.1) is 0 Å². The zero-order chi connectivity index (χ0) is 23.4. The van der Waals surface area contributed by atoms with E-state index in [1.54, 1.807) is 4.90 Å². The number of piperazine rings is 1. The van der Waals surface area contributed by atoms with Gasteiger partial charge in [-0.25, -0.2) is 0 Å². The van der Waals surface area contributed by atoms with Gasteiger partial charge in [0.25, 0.3) is 11.8 Å². The van der Waals surface area contributed by atoms with E-state index in [0.717, 1.165) is 12.1 Å². The van der Waals surface area contributed by atoms with Gasteiger partial charge in [-0.3, -0.25) is 14.5 Å². The molecule has 0 saturated carbocycles. The molecule has 1 unspecified atom stereocenters. The molecule has 0 aromatic heterocycles. The summed E-state index contributed by atoms with van der Waals surface area (Å²) in [5.74, 6) is -0.271. The molecule has 2 amide bonds. The molecule has 2 aromatic rings. The first kappa shape index (κ1) is 23.3. The average Bonchev–Trinajstić information content (AvgIpc) is 2.84. The minimum atomic E-state index is -4.43.